The van der Waals surface area contributed by atoms with Gasteiger partial charge in [0.05, 0.1) is 4.90 Å². The first-order chi connectivity index (χ1) is 8.79. The first kappa shape index (κ1) is 15.9. The van der Waals surface area contributed by atoms with Gasteiger partial charge in [0, 0.05) is 18.8 Å². The lowest BCUT2D eigenvalue weighted by molar-refractivity contribution is 0.263. The molecule has 0 aliphatic rings. The number of nitrogens with one attached hydrogen (secondary N) is 1. The molecule has 4 N–H and O–H groups in total. The summed E-state index contributed by atoms with van der Waals surface area (Å²) in [5.74, 6) is 0.0847. The summed E-state index contributed by atoms with van der Waals surface area (Å²) in [5, 5.41) is 8.81. The molecule has 0 bridgehead atoms. The minimum Gasteiger partial charge on any atom is -0.398 e. The number of hydrogen-bond acceptors (Lipinski definition) is 4. The highest BCUT2D eigenvalue weighted by Gasteiger charge is 2.21. The van der Waals surface area contributed by atoms with E-state index in [1.54, 1.807) is 26.0 Å². The summed E-state index contributed by atoms with van der Waals surface area (Å²) >= 11 is 0. The predicted octanol–water partition coefficient (Wildman–Crippen LogP) is 1.18. The highest BCUT2D eigenvalue weighted by Crippen LogP contribution is 2.24. The van der Waals surface area contributed by atoms with Gasteiger partial charge < -0.3 is 10.8 Å². The van der Waals surface area contributed by atoms with Crippen LogP contribution in [0.25, 0.3) is 0 Å². The second-order valence-electron chi connectivity index (χ2n) is 4.90. The lowest BCUT2D eigenvalue weighted by Gasteiger charge is -2.15. The van der Waals surface area contributed by atoms with E-state index in [-0.39, 0.29) is 17.4 Å². The molecule has 0 aliphatic heterocycles. The van der Waals surface area contributed by atoms with E-state index < -0.39 is 10.0 Å². The number of aryl methyl sites for hydroxylation is 1. The maximum atomic E-state index is 12.3. The molecular formula is C13H22N2O3S. The van der Waals surface area contributed by atoms with Crippen LogP contribution in [0.15, 0.2) is 17.0 Å². The maximum absolute atomic E-state index is 12.3. The Balaban J connectivity index is 2.98. The van der Waals surface area contributed by atoms with Crippen molar-refractivity contribution in [2.24, 2.45) is 5.92 Å². The third-order valence-corrected chi connectivity index (χ3v) is 4.87. The van der Waals surface area contributed by atoms with Gasteiger partial charge in [-0.2, -0.15) is 0 Å². The Labute approximate surface area is 114 Å². The second-order valence-corrected chi connectivity index (χ2v) is 6.60. The molecule has 19 heavy (non-hydrogen) atoms. The largest absolute Gasteiger partial charge is 0.398 e. The topological polar surface area (TPSA) is 92.4 Å². The standard InChI is InChI=1S/C13H22N2O3S/c1-9(6-7-16)8-15-19(17,18)13-10(2)4-5-12(14)11(13)3/h4-5,9,15-16H,6-8,14H2,1-3H3. The molecule has 6 heteroatoms. The van der Waals surface area contributed by atoms with E-state index in [0.717, 1.165) is 0 Å². The van der Waals surface area contributed by atoms with Gasteiger partial charge in [0.25, 0.3) is 0 Å². The van der Waals surface area contributed by atoms with Crippen LogP contribution in [-0.2, 0) is 10.0 Å². The minimum absolute atomic E-state index is 0.0548. The molecule has 0 spiro atoms. The number of aliphatic hydroxyl groups is 1. The first-order valence-corrected chi connectivity index (χ1v) is 7.74. The normalized spacial score (nSPS) is 13.5. The molecule has 0 aliphatic carbocycles. The van der Waals surface area contributed by atoms with Crippen LogP contribution in [-0.4, -0.2) is 26.7 Å². The van der Waals surface area contributed by atoms with Crippen LogP contribution in [0.3, 0.4) is 0 Å². The van der Waals surface area contributed by atoms with Crippen molar-refractivity contribution in [2.75, 3.05) is 18.9 Å². The highest BCUT2D eigenvalue weighted by molar-refractivity contribution is 7.89. The number of nitrogen functional groups attached to an aromatic ring is 1. The summed E-state index contributed by atoms with van der Waals surface area (Å²) in [7, 11) is -3.57. The van der Waals surface area contributed by atoms with Gasteiger partial charge in [0.15, 0.2) is 0 Å². The van der Waals surface area contributed by atoms with Crippen molar-refractivity contribution >= 4 is 15.7 Å². The molecule has 1 aromatic carbocycles. The molecule has 0 radical (unpaired) electrons. The van der Waals surface area contributed by atoms with Crippen molar-refractivity contribution in [3.8, 4) is 0 Å². The predicted molar refractivity (Wildman–Crippen MR) is 76.4 cm³/mol. The van der Waals surface area contributed by atoms with Crippen LogP contribution in [0.1, 0.15) is 24.5 Å². The smallest absolute Gasteiger partial charge is 0.241 e. The van der Waals surface area contributed by atoms with Crippen molar-refractivity contribution in [1.82, 2.24) is 4.72 Å². The van der Waals surface area contributed by atoms with Gasteiger partial charge in [0.1, 0.15) is 0 Å². The maximum Gasteiger partial charge on any atom is 0.241 e. The summed E-state index contributed by atoms with van der Waals surface area (Å²) in [6, 6.07) is 3.41. The van der Waals surface area contributed by atoms with Crippen LogP contribution in [0.5, 0.6) is 0 Å². The van der Waals surface area contributed by atoms with E-state index in [0.29, 0.717) is 29.8 Å². The molecule has 108 valence electrons. The quantitative estimate of drug-likeness (QED) is 0.685. The molecule has 0 saturated carbocycles. The zero-order valence-corrected chi connectivity index (χ0v) is 12.4. The van der Waals surface area contributed by atoms with Crippen LogP contribution < -0.4 is 10.5 Å². The van der Waals surface area contributed by atoms with Gasteiger partial charge in [-0.1, -0.05) is 13.0 Å². The minimum atomic E-state index is -3.57. The molecule has 5 nitrogen and oxygen atoms in total. The number of hydrogen-bond donors (Lipinski definition) is 3. The van der Waals surface area contributed by atoms with Gasteiger partial charge in [0.2, 0.25) is 10.0 Å². The van der Waals surface area contributed by atoms with Gasteiger partial charge in [-0.15, -0.1) is 0 Å². The Morgan fingerprint density at radius 3 is 2.58 bits per heavy atom. The van der Waals surface area contributed by atoms with Crippen LogP contribution >= 0.6 is 0 Å². The number of rotatable bonds is 6. The third kappa shape index (κ3) is 3.92. The van der Waals surface area contributed by atoms with Crippen LogP contribution in [0.2, 0.25) is 0 Å². The van der Waals surface area contributed by atoms with E-state index in [4.69, 9.17) is 10.8 Å². The fourth-order valence-corrected chi connectivity index (χ4v) is 3.56. The molecule has 1 unspecified atom stereocenters. The van der Waals surface area contributed by atoms with Crippen LogP contribution in [0, 0.1) is 19.8 Å². The Kier molecular flexibility index (Phi) is 5.34. The highest BCUT2D eigenvalue weighted by atomic mass is 32.2. The zero-order chi connectivity index (χ0) is 14.6. The fourth-order valence-electron chi connectivity index (χ4n) is 1.90. The van der Waals surface area contributed by atoms with E-state index >= 15 is 0 Å². The van der Waals surface area contributed by atoms with E-state index in [2.05, 4.69) is 4.72 Å². The number of nitrogens with two attached hydrogens (primary N) is 1. The molecule has 0 aromatic heterocycles. The first-order valence-electron chi connectivity index (χ1n) is 6.25. The number of anilines is 1. The summed E-state index contributed by atoms with van der Waals surface area (Å²) in [4.78, 5) is 0.253. The molecule has 0 heterocycles. The van der Waals surface area contributed by atoms with Gasteiger partial charge >= 0.3 is 0 Å². The van der Waals surface area contributed by atoms with Gasteiger partial charge in [-0.3, -0.25) is 0 Å². The summed E-state index contributed by atoms with van der Waals surface area (Å²) in [5.41, 5.74) is 7.48. The Hall–Kier alpha value is -1.11. The Bertz CT molecular complexity index is 541. The lowest BCUT2D eigenvalue weighted by Crippen LogP contribution is -2.30. The molecule has 0 amide bonds. The Morgan fingerprint density at radius 1 is 1.37 bits per heavy atom. The van der Waals surface area contributed by atoms with E-state index in [9.17, 15) is 8.42 Å². The van der Waals surface area contributed by atoms with Crippen molar-refractivity contribution in [1.29, 1.82) is 0 Å². The van der Waals surface area contributed by atoms with Crippen LogP contribution in [0.4, 0.5) is 5.69 Å². The third-order valence-electron chi connectivity index (χ3n) is 3.16. The monoisotopic (exact) mass is 286 g/mol. The molecule has 0 fully saturated rings. The zero-order valence-electron chi connectivity index (χ0n) is 11.6. The molecule has 1 aromatic rings. The van der Waals surface area contributed by atoms with E-state index in [1.807, 2.05) is 6.92 Å². The number of benzene rings is 1. The van der Waals surface area contributed by atoms with Gasteiger partial charge in [-0.25, -0.2) is 13.1 Å². The fraction of sp³-hybridized carbons (Fsp3) is 0.538. The molecule has 1 atom stereocenters. The van der Waals surface area contributed by atoms with Crippen molar-refractivity contribution < 1.29 is 13.5 Å². The number of sulfonamides is 1. The summed E-state index contributed by atoms with van der Waals surface area (Å²) in [6.07, 6.45) is 0.567. The average Bonchev–Trinajstić information content (AvgIpc) is 2.32. The Morgan fingerprint density at radius 2 is 2.00 bits per heavy atom. The van der Waals surface area contributed by atoms with E-state index in [1.165, 1.54) is 0 Å². The molecular weight excluding hydrogens is 264 g/mol. The van der Waals surface area contributed by atoms with Crippen molar-refractivity contribution in [2.45, 2.75) is 32.1 Å². The molecule has 0 saturated heterocycles. The van der Waals surface area contributed by atoms with Crippen molar-refractivity contribution in [3.63, 3.8) is 0 Å². The van der Waals surface area contributed by atoms with Crippen molar-refractivity contribution in [3.05, 3.63) is 23.3 Å². The number of aliphatic hydroxyl groups excluding tert-OH is 1. The SMILES string of the molecule is Cc1ccc(N)c(C)c1S(=O)(=O)NCC(C)CCO. The lowest BCUT2D eigenvalue weighted by atomic mass is 10.1. The molecule has 1 rings (SSSR count). The second kappa shape index (κ2) is 6.36. The summed E-state index contributed by atoms with van der Waals surface area (Å²) in [6.45, 7) is 5.69. The average molecular weight is 286 g/mol. The van der Waals surface area contributed by atoms with Gasteiger partial charge in [-0.05, 0) is 43.4 Å². The summed E-state index contributed by atoms with van der Waals surface area (Å²) < 4.78 is 27.2.